The first-order chi connectivity index (χ1) is 4.79. The Bertz CT molecular complexity index is 120. The van der Waals surface area contributed by atoms with Crippen molar-refractivity contribution in [3.63, 3.8) is 0 Å². The summed E-state index contributed by atoms with van der Waals surface area (Å²) in [5.41, 5.74) is 7.49. The summed E-state index contributed by atoms with van der Waals surface area (Å²) in [5.74, 6) is 0. The first kappa shape index (κ1) is 7.34. The normalized spacial score (nSPS) is 20.4. The van der Waals surface area contributed by atoms with Gasteiger partial charge in [-0.2, -0.15) is 0 Å². The van der Waals surface area contributed by atoms with E-state index < -0.39 is 6.03 Å². The Labute approximate surface area is 60.3 Å². The van der Waals surface area contributed by atoms with Gasteiger partial charge in [-0.1, -0.05) is 6.42 Å². The number of rotatable bonds is 1. The Morgan fingerprint density at radius 3 is 2.40 bits per heavy atom. The van der Waals surface area contributed by atoms with Crippen LogP contribution in [-0.4, -0.2) is 24.1 Å². The third kappa shape index (κ3) is 2.23. The SMILES string of the molecule is NC(=O)NN1CCCCC1. The van der Waals surface area contributed by atoms with Gasteiger partial charge in [0.25, 0.3) is 0 Å². The standard InChI is InChI=1S/C6H13N3O/c7-6(10)8-9-4-2-1-3-5-9/h1-5H2,(H3,7,8,10). The van der Waals surface area contributed by atoms with E-state index in [1.807, 2.05) is 5.01 Å². The Morgan fingerprint density at radius 2 is 1.90 bits per heavy atom. The lowest BCUT2D eigenvalue weighted by Gasteiger charge is -2.25. The largest absolute Gasteiger partial charge is 0.351 e. The van der Waals surface area contributed by atoms with Gasteiger partial charge in [0.1, 0.15) is 0 Å². The summed E-state index contributed by atoms with van der Waals surface area (Å²) >= 11 is 0. The lowest BCUT2D eigenvalue weighted by Crippen LogP contribution is -2.47. The van der Waals surface area contributed by atoms with Gasteiger partial charge in [0, 0.05) is 13.1 Å². The first-order valence-corrected chi connectivity index (χ1v) is 3.60. The molecular formula is C6H13N3O. The second-order valence-corrected chi connectivity index (χ2v) is 2.52. The summed E-state index contributed by atoms with van der Waals surface area (Å²) in [6, 6.07) is -0.457. The fraction of sp³-hybridized carbons (Fsp3) is 0.833. The highest BCUT2D eigenvalue weighted by Crippen LogP contribution is 2.04. The van der Waals surface area contributed by atoms with Crippen molar-refractivity contribution in [1.29, 1.82) is 0 Å². The predicted octanol–water partition coefficient (Wildman–Crippen LogP) is 0.0556. The number of hydrogen-bond acceptors (Lipinski definition) is 2. The Balaban J connectivity index is 2.19. The molecule has 1 saturated heterocycles. The maximum atomic E-state index is 10.3. The number of urea groups is 1. The quantitative estimate of drug-likeness (QED) is 0.545. The second kappa shape index (κ2) is 3.41. The summed E-state index contributed by atoms with van der Waals surface area (Å²) in [4.78, 5) is 10.3. The molecule has 1 rings (SSSR count). The monoisotopic (exact) mass is 143 g/mol. The molecule has 58 valence electrons. The van der Waals surface area contributed by atoms with Gasteiger partial charge < -0.3 is 5.73 Å². The smallest absolute Gasteiger partial charge is 0.326 e. The molecule has 0 spiro atoms. The predicted molar refractivity (Wildman–Crippen MR) is 38.1 cm³/mol. The zero-order valence-electron chi connectivity index (χ0n) is 5.97. The van der Waals surface area contributed by atoms with Crippen molar-refractivity contribution in [2.75, 3.05) is 13.1 Å². The summed E-state index contributed by atoms with van der Waals surface area (Å²) < 4.78 is 0. The molecule has 2 amide bonds. The molecule has 1 heterocycles. The van der Waals surface area contributed by atoms with Crippen LogP contribution in [-0.2, 0) is 0 Å². The molecule has 0 radical (unpaired) electrons. The zero-order valence-corrected chi connectivity index (χ0v) is 5.97. The van der Waals surface area contributed by atoms with E-state index in [0.29, 0.717) is 0 Å². The van der Waals surface area contributed by atoms with Crippen LogP contribution in [0.2, 0.25) is 0 Å². The molecule has 0 atom stereocenters. The fourth-order valence-corrected chi connectivity index (χ4v) is 1.16. The van der Waals surface area contributed by atoms with Crippen LogP contribution in [0.4, 0.5) is 4.79 Å². The average molecular weight is 143 g/mol. The van der Waals surface area contributed by atoms with Crippen LogP contribution in [0.5, 0.6) is 0 Å². The minimum atomic E-state index is -0.457. The van der Waals surface area contributed by atoms with E-state index in [2.05, 4.69) is 5.43 Å². The number of amides is 2. The highest BCUT2D eigenvalue weighted by Gasteiger charge is 2.09. The fourth-order valence-electron chi connectivity index (χ4n) is 1.16. The van der Waals surface area contributed by atoms with Crippen LogP contribution < -0.4 is 11.2 Å². The molecule has 4 nitrogen and oxygen atoms in total. The number of carbonyl (C=O) groups excluding carboxylic acids is 1. The van der Waals surface area contributed by atoms with E-state index in [4.69, 9.17) is 5.73 Å². The van der Waals surface area contributed by atoms with Crippen molar-refractivity contribution in [2.24, 2.45) is 5.73 Å². The maximum absolute atomic E-state index is 10.3. The third-order valence-corrected chi connectivity index (χ3v) is 1.62. The molecule has 0 aliphatic carbocycles. The molecular weight excluding hydrogens is 130 g/mol. The molecule has 0 aromatic carbocycles. The molecule has 1 fully saturated rings. The molecule has 10 heavy (non-hydrogen) atoms. The van der Waals surface area contributed by atoms with Gasteiger partial charge in [0.15, 0.2) is 0 Å². The van der Waals surface area contributed by atoms with E-state index in [1.165, 1.54) is 6.42 Å². The lowest BCUT2D eigenvalue weighted by molar-refractivity contribution is 0.160. The first-order valence-electron chi connectivity index (χ1n) is 3.60. The molecule has 0 aromatic rings. The number of hydrazine groups is 1. The van der Waals surface area contributed by atoms with Crippen molar-refractivity contribution < 1.29 is 4.79 Å². The molecule has 0 aromatic heterocycles. The van der Waals surface area contributed by atoms with Crippen LogP contribution in [0.15, 0.2) is 0 Å². The van der Waals surface area contributed by atoms with Crippen molar-refractivity contribution in [2.45, 2.75) is 19.3 Å². The van der Waals surface area contributed by atoms with E-state index >= 15 is 0 Å². The molecule has 1 aliphatic rings. The topological polar surface area (TPSA) is 58.4 Å². The molecule has 0 bridgehead atoms. The van der Waals surface area contributed by atoms with E-state index in [-0.39, 0.29) is 0 Å². The summed E-state index contributed by atoms with van der Waals surface area (Å²) in [5, 5.41) is 1.87. The third-order valence-electron chi connectivity index (χ3n) is 1.62. The summed E-state index contributed by atoms with van der Waals surface area (Å²) in [6.45, 7) is 1.87. The highest BCUT2D eigenvalue weighted by molar-refractivity contribution is 5.70. The molecule has 3 N–H and O–H groups in total. The van der Waals surface area contributed by atoms with Gasteiger partial charge in [-0.3, -0.25) is 5.43 Å². The summed E-state index contributed by atoms with van der Waals surface area (Å²) in [7, 11) is 0. The number of hydrogen-bond donors (Lipinski definition) is 2. The number of nitrogens with one attached hydrogen (secondary N) is 1. The van der Waals surface area contributed by atoms with E-state index in [1.54, 1.807) is 0 Å². The second-order valence-electron chi connectivity index (χ2n) is 2.52. The number of carbonyl (C=O) groups is 1. The van der Waals surface area contributed by atoms with Crippen LogP contribution in [0.3, 0.4) is 0 Å². The number of piperidine rings is 1. The summed E-state index contributed by atoms with van der Waals surface area (Å²) in [6.07, 6.45) is 3.57. The van der Waals surface area contributed by atoms with Gasteiger partial charge >= 0.3 is 6.03 Å². The zero-order chi connectivity index (χ0) is 7.40. The molecule has 0 saturated carbocycles. The minimum absolute atomic E-state index is 0.457. The van der Waals surface area contributed by atoms with Gasteiger partial charge in [0.05, 0.1) is 0 Å². The molecule has 0 unspecified atom stereocenters. The van der Waals surface area contributed by atoms with Crippen molar-refractivity contribution in [1.82, 2.24) is 10.4 Å². The van der Waals surface area contributed by atoms with E-state index in [0.717, 1.165) is 25.9 Å². The van der Waals surface area contributed by atoms with E-state index in [9.17, 15) is 4.79 Å². The van der Waals surface area contributed by atoms with Crippen molar-refractivity contribution >= 4 is 6.03 Å². The molecule has 4 heteroatoms. The van der Waals surface area contributed by atoms with Gasteiger partial charge in [-0.25, -0.2) is 9.80 Å². The van der Waals surface area contributed by atoms with Crippen LogP contribution >= 0.6 is 0 Å². The van der Waals surface area contributed by atoms with Gasteiger partial charge in [0.2, 0.25) is 0 Å². The molecule has 1 aliphatic heterocycles. The number of primary amides is 1. The Kier molecular flexibility index (Phi) is 2.50. The van der Waals surface area contributed by atoms with Crippen molar-refractivity contribution in [3.05, 3.63) is 0 Å². The average Bonchev–Trinajstić information content (AvgIpc) is 1.88. The van der Waals surface area contributed by atoms with Gasteiger partial charge in [-0.05, 0) is 12.8 Å². The van der Waals surface area contributed by atoms with Gasteiger partial charge in [-0.15, -0.1) is 0 Å². The Morgan fingerprint density at radius 1 is 1.30 bits per heavy atom. The van der Waals surface area contributed by atoms with Crippen LogP contribution in [0, 0.1) is 0 Å². The highest BCUT2D eigenvalue weighted by atomic mass is 16.2. The van der Waals surface area contributed by atoms with Crippen LogP contribution in [0.1, 0.15) is 19.3 Å². The van der Waals surface area contributed by atoms with Crippen molar-refractivity contribution in [3.8, 4) is 0 Å². The number of nitrogens with two attached hydrogens (primary N) is 1. The minimum Gasteiger partial charge on any atom is -0.351 e. The lowest BCUT2D eigenvalue weighted by atomic mass is 10.2. The maximum Gasteiger partial charge on any atom is 0.326 e. The Hall–Kier alpha value is -0.770. The number of nitrogens with zero attached hydrogens (tertiary/aromatic N) is 1. The van der Waals surface area contributed by atoms with Crippen LogP contribution in [0.25, 0.3) is 0 Å².